The number of alkyl halides is 2. The zero-order valence-electron chi connectivity index (χ0n) is 8.85. The molecule has 1 atom stereocenters. The molecule has 1 rings (SSSR count). The molecule has 2 N–H and O–H groups in total. The van der Waals surface area contributed by atoms with Gasteiger partial charge in [-0.15, -0.1) is 0 Å². The molecule has 1 amide bonds. The van der Waals surface area contributed by atoms with Crippen molar-refractivity contribution < 1.29 is 18.4 Å². The van der Waals surface area contributed by atoms with Gasteiger partial charge in [-0.2, -0.15) is 0 Å². The van der Waals surface area contributed by atoms with Crippen LogP contribution in [0.4, 0.5) is 8.78 Å². The topological polar surface area (TPSA) is 58.2 Å². The monoisotopic (exact) mass is 222 g/mol. The summed E-state index contributed by atoms with van der Waals surface area (Å²) in [5.74, 6) is -1.41. The van der Waals surface area contributed by atoms with E-state index in [1.807, 2.05) is 0 Å². The van der Waals surface area contributed by atoms with Gasteiger partial charge in [0.15, 0.2) is 0 Å². The molecule has 1 saturated carbocycles. The molecule has 6 heteroatoms. The van der Waals surface area contributed by atoms with E-state index < -0.39 is 24.4 Å². The van der Waals surface area contributed by atoms with Crippen molar-refractivity contribution in [3.63, 3.8) is 0 Å². The molecule has 1 unspecified atom stereocenters. The molecule has 15 heavy (non-hydrogen) atoms. The lowest BCUT2D eigenvalue weighted by Gasteiger charge is -2.09. The highest BCUT2D eigenvalue weighted by Gasteiger charge is 2.29. The Kier molecular flexibility index (Phi) is 6.77. The van der Waals surface area contributed by atoms with Gasteiger partial charge < -0.3 is 10.6 Å². The molecule has 0 aromatic heterocycles. The zero-order valence-corrected chi connectivity index (χ0v) is 8.85. The minimum Gasteiger partial charge on any atom is -0.347 e. The van der Waals surface area contributed by atoms with E-state index in [0.29, 0.717) is 7.18 Å². The van der Waals surface area contributed by atoms with Gasteiger partial charge in [0, 0.05) is 6.04 Å². The summed E-state index contributed by atoms with van der Waals surface area (Å²) in [4.78, 5) is 22.2. The predicted molar refractivity (Wildman–Crippen MR) is 52.0 cm³/mol. The largest absolute Gasteiger partial charge is 0.347 e. The van der Waals surface area contributed by atoms with Gasteiger partial charge in [-0.25, -0.2) is 4.39 Å². The van der Waals surface area contributed by atoms with Crippen molar-refractivity contribution in [2.45, 2.75) is 24.9 Å². The summed E-state index contributed by atoms with van der Waals surface area (Å²) in [6.07, 6.45) is 1.83. The van der Waals surface area contributed by atoms with E-state index in [9.17, 15) is 18.4 Å². The molecule has 4 nitrogen and oxygen atoms in total. The van der Waals surface area contributed by atoms with Crippen molar-refractivity contribution in [1.29, 1.82) is 0 Å². The molecule has 0 aromatic rings. The Hall–Kier alpha value is -1.04. The van der Waals surface area contributed by atoms with E-state index in [1.54, 1.807) is 0 Å². The van der Waals surface area contributed by atoms with Gasteiger partial charge in [0.2, 0.25) is 5.78 Å². The summed E-state index contributed by atoms with van der Waals surface area (Å²) in [6.45, 7) is -0.854. The number of nitrogens with one attached hydrogen (secondary N) is 2. The number of carbonyl (C=O) groups excluding carboxylic acids is 2. The van der Waals surface area contributed by atoms with Crippen molar-refractivity contribution in [2.24, 2.45) is 0 Å². The van der Waals surface area contributed by atoms with Gasteiger partial charge in [-0.3, -0.25) is 14.0 Å². The third-order valence-electron chi connectivity index (χ3n) is 1.96. The smallest absolute Gasteiger partial charge is 0.289 e. The number of hydrogen-bond donors (Lipinski definition) is 2. The summed E-state index contributed by atoms with van der Waals surface area (Å²) < 4.78 is 21.7. The maximum Gasteiger partial charge on any atom is 0.289 e. The van der Waals surface area contributed by atoms with Crippen LogP contribution in [-0.4, -0.2) is 44.7 Å². The van der Waals surface area contributed by atoms with Crippen LogP contribution in [0.2, 0.25) is 0 Å². The van der Waals surface area contributed by atoms with E-state index >= 15 is 0 Å². The van der Waals surface area contributed by atoms with Crippen molar-refractivity contribution in [3.8, 4) is 0 Å². The normalized spacial score (nSPS) is 16.0. The van der Waals surface area contributed by atoms with Gasteiger partial charge in [0.1, 0.15) is 12.7 Å². The highest BCUT2D eigenvalue weighted by molar-refractivity contribution is 6.38. The zero-order chi connectivity index (χ0) is 11.8. The number of hydrogen-bond acceptors (Lipinski definition) is 3. The Morgan fingerprint density at radius 2 is 1.93 bits per heavy atom. The van der Waals surface area contributed by atoms with Gasteiger partial charge >= 0.3 is 0 Å². The summed E-state index contributed by atoms with van der Waals surface area (Å²) in [6, 6.07) is -0.868. The number of likely N-dealkylation sites (N-methyl/N-ethyl adjacent to an activating group) is 1. The minimum atomic E-state index is -1.00. The maximum absolute atomic E-state index is 12.2. The molecule has 0 bridgehead atoms. The predicted octanol–water partition coefficient (Wildman–Crippen LogP) is -0.0227. The Balaban J connectivity index is 0.000000921. The van der Waals surface area contributed by atoms with E-state index in [1.165, 1.54) is 7.05 Å². The average molecular weight is 222 g/mol. The SMILES string of the molecule is CF.CNC(CF)C(=O)C(=O)NC1CC1. The standard InChI is InChI=1S/C8H13FN2O2.CH3F/c1-10-6(4-9)7(12)8(13)11-5-2-3-5;1-2/h5-6,10H,2-4H2,1H3,(H,11,13);1H3. The fourth-order valence-electron chi connectivity index (χ4n) is 0.921. The molecular weight excluding hydrogens is 206 g/mol. The number of rotatable bonds is 5. The second-order valence-electron chi connectivity index (χ2n) is 3.11. The van der Waals surface area contributed by atoms with Crippen LogP contribution < -0.4 is 10.6 Å². The molecule has 0 aliphatic heterocycles. The second kappa shape index (κ2) is 7.28. The molecule has 1 fully saturated rings. The first-order valence-electron chi connectivity index (χ1n) is 4.64. The van der Waals surface area contributed by atoms with Crippen molar-refractivity contribution in [3.05, 3.63) is 0 Å². The highest BCUT2D eigenvalue weighted by Crippen LogP contribution is 2.18. The molecule has 0 aromatic carbocycles. The second-order valence-corrected chi connectivity index (χ2v) is 3.11. The molecule has 0 heterocycles. The number of halogens is 2. The summed E-state index contributed by atoms with van der Waals surface area (Å²) >= 11 is 0. The van der Waals surface area contributed by atoms with Crippen LogP contribution in [0.1, 0.15) is 12.8 Å². The van der Waals surface area contributed by atoms with E-state index in [4.69, 9.17) is 0 Å². The van der Waals surface area contributed by atoms with Crippen LogP contribution in [0.5, 0.6) is 0 Å². The van der Waals surface area contributed by atoms with Crippen molar-refractivity contribution >= 4 is 11.7 Å². The van der Waals surface area contributed by atoms with Gasteiger partial charge in [0.25, 0.3) is 5.91 Å². The van der Waals surface area contributed by atoms with Crippen LogP contribution in [0.15, 0.2) is 0 Å². The van der Waals surface area contributed by atoms with Crippen LogP contribution in [0.25, 0.3) is 0 Å². The molecule has 1 aliphatic carbocycles. The molecule has 0 radical (unpaired) electrons. The van der Waals surface area contributed by atoms with Crippen LogP contribution >= 0.6 is 0 Å². The van der Waals surface area contributed by atoms with Gasteiger partial charge in [-0.1, -0.05) is 0 Å². The Morgan fingerprint density at radius 3 is 2.27 bits per heavy atom. The summed E-state index contributed by atoms with van der Waals surface area (Å²) in [7, 11) is 1.95. The number of ketones is 1. The minimum absolute atomic E-state index is 0.133. The molecule has 0 spiro atoms. The average Bonchev–Trinajstić information content (AvgIpc) is 3.06. The highest BCUT2D eigenvalue weighted by atomic mass is 19.1. The molecular formula is C9H16F2N2O2. The fraction of sp³-hybridized carbons (Fsp3) is 0.778. The quantitative estimate of drug-likeness (QED) is 0.643. The first-order valence-corrected chi connectivity index (χ1v) is 4.64. The van der Waals surface area contributed by atoms with E-state index in [-0.39, 0.29) is 6.04 Å². The Morgan fingerprint density at radius 1 is 1.40 bits per heavy atom. The van der Waals surface area contributed by atoms with Gasteiger partial charge in [0.05, 0.1) is 7.18 Å². The van der Waals surface area contributed by atoms with E-state index in [0.717, 1.165) is 12.8 Å². The number of amides is 1. The third kappa shape index (κ3) is 4.83. The lowest BCUT2D eigenvalue weighted by atomic mass is 10.2. The van der Waals surface area contributed by atoms with Crippen molar-refractivity contribution in [1.82, 2.24) is 10.6 Å². The Labute approximate surface area is 87.4 Å². The lowest BCUT2D eigenvalue weighted by molar-refractivity contribution is -0.139. The first-order chi connectivity index (χ1) is 7.19. The summed E-state index contributed by atoms with van der Waals surface area (Å²) in [5, 5.41) is 4.95. The van der Waals surface area contributed by atoms with Crippen molar-refractivity contribution in [2.75, 3.05) is 20.9 Å². The molecule has 0 saturated heterocycles. The lowest BCUT2D eigenvalue weighted by Crippen LogP contribution is -2.45. The Bertz CT molecular complexity index is 216. The van der Waals surface area contributed by atoms with Crippen LogP contribution in [0.3, 0.4) is 0 Å². The fourth-order valence-corrected chi connectivity index (χ4v) is 0.921. The summed E-state index contributed by atoms with van der Waals surface area (Å²) in [5.41, 5.74) is 0. The molecule has 1 aliphatic rings. The maximum atomic E-state index is 12.2. The molecule has 88 valence electrons. The van der Waals surface area contributed by atoms with Crippen LogP contribution in [-0.2, 0) is 9.59 Å². The van der Waals surface area contributed by atoms with E-state index in [2.05, 4.69) is 10.6 Å². The number of Topliss-reactive ketones (excluding diaryl/α,β-unsaturated/α-hetero) is 1. The first kappa shape index (κ1) is 14.0. The third-order valence-corrected chi connectivity index (χ3v) is 1.96. The van der Waals surface area contributed by atoms with Gasteiger partial charge in [-0.05, 0) is 19.9 Å². The number of carbonyl (C=O) groups is 2. The van der Waals surface area contributed by atoms with Crippen LogP contribution in [0, 0.1) is 0 Å².